The minimum atomic E-state index is -0.199. The maximum atomic E-state index is 12.3. The zero-order valence-electron chi connectivity index (χ0n) is 16.5. The van der Waals surface area contributed by atoms with E-state index in [1.54, 1.807) is 4.52 Å². The molecule has 7 nitrogen and oxygen atoms in total. The number of amides is 1. The van der Waals surface area contributed by atoms with Crippen LogP contribution in [0.25, 0.3) is 15.5 Å². The summed E-state index contributed by atoms with van der Waals surface area (Å²) < 4.78 is 7.30. The topological polar surface area (TPSA) is 81.4 Å². The number of carbonyl (C=O) groups excluding carboxylic acids is 1. The molecule has 0 atom stereocenters. The summed E-state index contributed by atoms with van der Waals surface area (Å²) in [4.78, 5) is 13.0. The Hall–Kier alpha value is -3.26. The molecule has 0 unspecified atom stereocenters. The zero-order valence-corrected chi connectivity index (χ0v) is 17.3. The van der Waals surface area contributed by atoms with E-state index in [2.05, 4.69) is 27.5 Å². The first-order valence-corrected chi connectivity index (χ1v) is 10.2. The Kier molecular flexibility index (Phi) is 5.26. The Balaban J connectivity index is 1.41. The maximum absolute atomic E-state index is 12.3. The number of aromatic nitrogens is 4. The second kappa shape index (κ2) is 8.00. The number of ether oxygens (including phenoxy) is 1. The van der Waals surface area contributed by atoms with Crippen molar-refractivity contribution >= 4 is 27.9 Å². The molecule has 0 aliphatic rings. The van der Waals surface area contributed by atoms with Gasteiger partial charge >= 0.3 is 0 Å². The highest BCUT2D eigenvalue weighted by Gasteiger charge is 2.12. The van der Waals surface area contributed by atoms with Crippen LogP contribution in [-0.2, 0) is 11.2 Å². The Morgan fingerprint density at radius 1 is 1.14 bits per heavy atom. The number of carbonyl (C=O) groups is 1. The van der Waals surface area contributed by atoms with Crippen molar-refractivity contribution in [1.82, 2.24) is 19.8 Å². The van der Waals surface area contributed by atoms with Crippen molar-refractivity contribution in [2.24, 2.45) is 0 Å². The van der Waals surface area contributed by atoms with Crippen LogP contribution in [0.15, 0.2) is 42.5 Å². The lowest BCUT2D eigenvalue weighted by molar-refractivity contribution is -0.118. The van der Waals surface area contributed by atoms with E-state index in [0.29, 0.717) is 5.75 Å². The largest absolute Gasteiger partial charge is 0.484 e. The lowest BCUT2D eigenvalue weighted by atomic mass is 10.1. The molecule has 8 heteroatoms. The molecule has 0 aliphatic carbocycles. The predicted molar refractivity (Wildman–Crippen MR) is 114 cm³/mol. The fraction of sp³-hybridized carbons (Fsp3) is 0.238. The first-order chi connectivity index (χ1) is 14.0. The average molecular weight is 407 g/mol. The van der Waals surface area contributed by atoms with Crippen LogP contribution < -0.4 is 10.1 Å². The number of rotatable bonds is 6. The average Bonchev–Trinajstić information content (AvgIpc) is 3.30. The summed E-state index contributed by atoms with van der Waals surface area (Å²) in [5, 5.41) is 16.4. The number of fused-ring (bicyclic) bond motifs is 1. The smallest absolute Gasteiger partial charge is 0.262 e. The fourth-order valence-electron chi connectivity index (χ4n) is 2.92. The number of aryl methyl sites for hydroxylation is 3. The van der Waals surface area contributed by atoms with E-state index in [1.165, 1.54) is 16.9 Å². The molecule has 4 aromatic rings. The Bertz CT molecular complexity index is 1160. The number of nitrogens with one attached hydrogen (secondary N) is 1. The van der Waals surface area contributed by atoms with E-state index in [9.17, 15) is 4.79 Å². The van der Waals surface area contributed by atoms with E-state index in [4.69, 9.17) is 4.74 Å². The van der Waals surface area contributed by atoms with E-state index in [1.807, 2.05) is 56.3 Å². The van der Waals surface area contributed by atoms with Gasteiger partial charge in [0.15, 0.2) is 12.4 Å². The zero-order chi connectivity index (χ0) is 20.4. The summed E-state index contributed by atoms with van der Waals surface area (Å²) in [6.45, 7) is 5.88. The van der Waals surface area contributed by atoms with Crippen molar-refractivity contribution in [3.63, 3.8) is 0 Å². The lowest BCUT2D eigenvalue weighted by Gasteiger charge is -2.11. The second-order valence-electron chi connectivity index (χ2n) is 6.71. The molecule has 148 valence electrons. The van der Waals surface area contributed by atoms with E-state index >= 15 is 0 Å². The van der Waals surface area contributed by atoms with Crippen LogP contribution >= 0.6 is 11.3 Å². The molecule has 1 N–H and O–H groups in total. The SMILES string of the molecule is CCc1ccc(OCC(=O)Nc2ccc(-c3nn4c(C)nnc4s3)cc2C)cc1. The van der Waals surface area contributed by atoms with Crippen molar-refractivity contribution in [2.45, 2.75) is 27.2 Å². The molecule has 4 rings (SSSR count). The van der Waals surface area contributed by atoms with Crippen molar-refractivity contribution in [3.05, 3.63) is 59.4 Å². The van der Waals surface area contributed by atoms with Crippen molar-refractivity contribution in [3.8, 4) is 16.3 Å². The Labute approximate surface area is 172 Å². The molecule has 2 aromatic heterocycles. The Morgan fingerprint density at radius 3 is 2.62 bits per heavy atom. The molecule has 1 amide bonds. The summed E-state index contributed by atoms with van der Waals surface area (Å²) in [6, 6.07) is 13.6. The highest BCUT2D eigenvalue weighted by molar-refractivity contribution is 7.19. The molecule has 0 saturated heterocycles. The molecule has 0 spiro atoms. The van der Waals surface area contributed by atoms with Gasteiger partial charge in [0, 0.05) is 11.3 Å². The molecular weight excluding hydrogens is 386 g/mol. The number of hydrogen-bond donors (Lipinski definition) is 1. The summed E-state index contributed by atoms with van der Waals surface area (Å²) in [5.41, 5.74) is 3.91. The fourth-order valence-corrected chi connectivity index (χ4v) is 3.81. The first kappa shape index (κ1) is 19.1. The van der Waals surface area contributed by atoms with Crippen molar-refractivity contribution in [1.29, 1.82) is 0 Å². The Morgan fingerprint density at radius 2 is 1.93 bits per heavy atom. The number of hydrogen-bond acceptors (Lipinski definition) is 6. The third-order valence-corrected chi connectivity index (χ3v) is 5.54. The molecule has 2 aromatic carbocycles. The van der Waals surface area contributed by atoms with Gasteiger partial charge in [-0.15, -0.1) is 10.2 Å². The summed E-state index contributed by atoms with van der Waals surface area (Å²) >= 11 is 1.48. The minimum Gasteiger partial charge on any atom is -0.484 e. The van der Waals surface area contributed by atoms with Crippen LogP contribution in [0.2, 0.25) is 0 Å². The molecule has 2 heterocycles. The van der Waals surface area contributed by atoms with E-state index < -0.39 is 0 Å². The first-order valence-electron chi connectivity index (χ1n) is 9.35. The monoisotopic (exact) mass is 407 g/mol. The van der Waals surface area contributed by atoms with E-state index in [-0.39, 0.29) is 12.5 Å². The summed E-state index contributed by atoms with van der Waals surface area (Å²) in [7, 11) is 0. The van der Waals surface area contributed by atoms with Gasteiger partial charge in [0.2, 0.25) is 4.96 Å². The molecule has 0 saturated carbocycles. The van der Waals surface area contributed by atoms with Crippen LogP contribution in [0.4, 0.5) is 5.69 Å². The van der Waals surface area contributed by atoms with Gasteiger partial charge in [-0.05, 0) is 61.7 Å². The second-order valence-corrected chi connectivity index (χ2v) is 7.67. The third-order valence-electron chi connectivity index (χ3n) is 4.60. The highest BCUT2D eigenvalue weighted by Crippen LogP contribution is 2.28. The van der Waals surface area contributed by atoms with Gasteiger partial charge < -0.3 is 10.1 Å². The van der Waals surface area contributed by atoms with Gasteiger partial charge in [0.05, 0.1) is 0 Å². The van der Waals surface area contributed by atoms with Crippen LogP contribution in [0.1, 0.15) is 23.9 Å². The van der Waals surface area contributed by atoms with Crippen LogP contribution in [0, 0.1) is 13.8 Å². The van der Waals surface area contributed by atoms with Gasteiger partial charge in [-0.1, -0.05) is 30.4 Å². The summed E-state index contributed by atoms with van der Waals surface area (Å²) in [6.07, 6.45) is 0.973. The minimum absolute atomic E-state index is 0.0391. The third kappa shape index (κ3) is 4.12. The van der Waals surface area contributed by atoms with Crippen LogP contribution in [0.5, 0.6) is 5.75 Å². The van der Waals surface area contributed by atoms with Gasteiger partial charge in [0.25, 0.3) is 5.91 Å². The number of benzene rings is 2. The van der Waals surface area contributed by atoms with Crippen LogP contribution in [-0.4, -0.2) is 32.3 Å². The maximum Gasteiger partial charge on any atom is 0.262 e. The quantitative estimate of drug-likeness (QED) is 0.521. The lowest BCUT2D eigenvalue weighted by Crippen LogP contribution is -2.20. The van der Waals surface area contributed by atoms with Gasteiger partial charge in [-0.3, -0.25) is 4.79 Å². The van der Waals surface area contributed by atoms with E-state index in [0.717, 1.165) is 39.0 Å². The van der Waals surface area contributed by atoms with Crippen LogP contribution in [0.3, 0.4) is 0 Å². The summed E-state index contributed by atoms with van der Waals surface area (Å²) in [5.74, 6) is 1.24. The van der Waals surface area contributed by atoms with Gasteiger partial charge in [0.1, 0.15) is 10.8 Å². The number of anilines is 1. The standard InChI is InChI=1S/C21H21N5O2S/c1-4-15-5-8-17(9-6-15)28-12-19(27)22-18-10-7-16(11-13(18)2)20-25-26-14(3)23-24-21(26)29-20/h5-11H,4,12H2,1-3H3,(H,22,27). The molecule has 0 bridgehead atoms. The van der Waals surface area contributed by atoms with Gasteiger partial charge in [-0.2, -0.15) is 9.61 Å². The molecular formula is C21H21N5O2S. The van der Waals surface area contributed by atoms with Crippen molar-refractivity contribution < 1.29 is 9.53 Å². The van der Waals surface area contributed by atoms with Crippen molar-refractivity contribution in [2.75, 3.05) is 11.9 Å². The van der Waals surface area contributed by atoms with Gasteiger partial charge in [-0.25, -0.2) is 0 Å². The molecule has 0 fully saturated rings. The normalized spacial score (nSPS) is 11.0. The highest BCUT2D eigenvalue weighted by atomic mass is 32.1. The molecule has 0 aliphatic heterocycles. The molecule has 29 heavy (non-hydrogen) atoms. The predicted octanol–water partition coefficient (Wildman–Crippen LogP) is 4.05. The molecule has 0 radical (unpaired) electrons. The number of nitrogens with zero attached hydrogens (tertiary/aromatic N) is 4.